The zero-order chi connectivity index (χ0) is 21.1. The van der Waals surface area contributed by atoms with Gasteiger partial charge in [0, 0.05) is 18.5 Å². The summed E-state index contributed by atoms with van der Waals surface area (Å²) in [6, 6.07) is 16.5. The first-order chi connectivity index (χ1) is 14.6. The molecule has 7 nitrogen and oxygen atoms in total. The quantitative estimate of drug-likeness (QED) is 0.397. The second-order valence-electron chi connectivity index (χ2n) is 6.78. The van der Waals surface area contributed by atoms with Crippen LogP contribution in [0.2, 0.25) is 0 Å². The van der Waals surface area contributed by atoms with Crippen LogP contribution in [-0.2, 0) is 14.1 Å². The van der Waals surface area contributed by atoms with Gasteiger partial charge in [-0.25, -0.2) is 0 Å². The van der Waals surface area contributed by atoms with Crippen LogP contribution in [0.15, 0.2) is 59.6 Å². The van der Waals surface area contributed by atoms with Crippen molar-refractivity contribution in [1.29, 1.82) is 0 Å². The van der Waals surface area contributed by atoms with E-state index < -0.39 is 18.5 Å². The minimum atomic E-state index is -3.56. The second-order valence-corrected chi connectivity index (χ2v) is 11.0. The lowest BCUT2D eigenvalue weighted by Gasteiger charge is -2.48. The Morgan fingerprint density at radius 1 is 1.23 bits per heavy atom. The van der Waals surface area contributed by atoms with Gasteiger partial charge in [0.05, 0.1) is 17.9 Å². The van der Waals surface area contributed by atoms with Gasteiger partial charge in [0.15, 0.2) is 5.11 Å². The number of amides is 1. The first kappa shape index (κ1) is 20.7. The van der Waals surface area contributed by atoms with E-state index in [0.717, 1.165) is 5.56 Å². The molecule has 2 unspecified atom stereocenters. The smallest absolute Gasteiger partial charge is 0.326 e. The highest BCUT2D eigenvalue weighted by Crippen LogP contribution is 2.67. The molecule has 1 fully saturated rings. The Morgan fingerprint density at radius 2 is 1.97 bits per heavy atom. The number of aliphatic imine (C=N–C) groups is 1. The molecule has 0 aromatic heterocycles. The molecule has 4 rings (SSSR count). The SMILES string of the molecule is CCOC(=O)CN1c2ccccc2C(=O)N2CCSC(/N=C/c3ccccc3)P21=O. The molecule has 0 bridgehead atoms. The molecule has 2 aromatic rings. The maximum absolute atomic E-state index is 14.5. The Morgan fingerprint density at radius 3 is 2.73 bits per heavy atom. The molecule has 0 saturated carbocycles. The molecule has 9 heteroatoms. The van der Waals surface area contributed by atoms with Gasteiger partial charge in [-0.3, -0.25) is 28.5 Å². The van der Waals surface area contributed by atoms with Crippen LogP contribution < -0.4 is 4.67 Å². The van der Waals surface area contributed by atoms with Gasteiger partial charge in [0.2, 0.25) is 0 Å². The van der Waals surface area contributed by atoms with Crippen LogP contribution in [0.4, 0.5) is 5.69 Å². The van der Waals surface area contributed by atoms with Gasteiger partial charge < -0.3 is 4.74 Å². The summed E-state index contributed by atoms with van der Waals surface area (Å²) >= 11 is 1.44. The number of nitrogens with zero attached hydrogens (tertiary/aromatic N) is 3. The van der Waals surface area contributed by atoms with E-state index in [0.29, 0.717) is 23.5 Å². The van der Waals surface area contributed by atoms with Crippen LogP contribution in [0.3, 0.4) is 0 Å². The van der Waals surface area contributed by atoms with E-state index in [9.17, 15) is 14.2 Å². The summed E-state index contributed by atoms with van der Waals surface area (Å²) in [4.78, 5) is 30.2. The summed E-state index contributed by atoms with van der Waals surface area (Å²) in [5, 5.41) is -0.696. The van der Waals surface area contributed by atoms with Crippen LogP contribution in [0.25, 0.3) is 0 Å². The van der Waals surface area contributed by atoms with E-state index in [2.05, 4.69) is 4.99 Å². The van der Waals surface area contributed by atoms with Gasteiger partial charge in [-0.1, -0.05) is 42.5 Å². The Hall–Kier alpha value is -2.57. The molecule has 1 amide bonds. The highest BCUT2D eigenvalue weighted by molar-refractivity contribution is 8.06. The van der Waals surface area contributed by atoms with Crippen molar-refractivity contribution in [1.82, 2.24) is 4.67 Å². The fraction of sp³-hybridized carbons (Fsp3) is 0.286. The number of rotatable bonds is 5. The van der Waals surface area contributed by atoms with E-state index >= 15 is 0 Å². The van der Waals surface area contributed by atoms with Crippen molar-refractivity contribution >= 4 is 43.0 Å². The Bertz CT molecular complexity index is 1030. The fourth-order valence-electron chi connectivity index (χ4n) is 3.59. The van der Waals surface area contributed by atoms with Crippen LogP contribution in [-0.4, -0.2) is 53.3 Å². The van der Waals surface area contributed by atoms with Crippen molar-refractivity contribution in [2.75, 3.05) is 30.1 Å². The first-order valence-corrected chi connectivity index (χ1v) is 12.4. The molecule has 2 aliphatic rings. The van der Waals surface area contributed by atoms with E-state index in [1.54, 1.807) is 42.1 Å². The van der Waals surface area contributed by atoms with Crippen molar-refractivity contribution in [2.45, 2.75) is 12.0 Å². The third-order valence-electron chi connectivity index (χ3n) is 4.93. The summed E-state index contributed by atoms with van der Waals surface area (Å²) in [5.74, 6) is -0.158. The van der Waals surface area contributed by atoms with Crippen molar-refractivity contribution in [2.24, 2.45) is 4.99 Å². The molecule has 1 saturated heterocycles. The number of thioether (sulfide) groups is 1. The summed E-state index contributed by atoms with van der Waals surface area (Å²) in [5.41, 5.74) is 1.80. The van der Waals surface area contributed by atoms with Crippen molar-refractivity contribution in [3.63, 3.8) is 0 Å². The molecule has 0 aliphatic carbocycles. The average Bonchev–Trinajstić information content (AvgIpc) is 2.76. The Balaban J connectivity index is 1.78. The van der Waals surface area contributed by atoms with Crippen LogP contribution in [0.1, 0.15) is 22.8 Å². The topological polar surface area (TPSA) is 79.3 Å². The van der Waals surface area contributed by atoms with E-state index in [-0.39, 0.29) is 19.1 Å². The molecule has 0 radical (unpaired) electrons. The largest absolute Gasteiger partial charge is 0.465 e. The first-order valence-electron chi connectivity index (χ1n) is 9.70. The Kier molecular flexibility index (Phi) is 5.97. The lowest BCUT2D eigenvalue weighted by atomic mass is 10.1. The summed E-state index contributed by atoms with van der Waals surface area (Å²) in [6.07, 6.45) is 1.67. The minimum absolute atomic E-state index is 0.205. The van der Waals surface area contributed by atoms with Crippen molar-refractivity contribution < 1.29 is 18.9 Å². The van der Waals surface area contributed by atoms with Crippen LogP contribution in [0.5, 0.6) is 0 Å². The molecule has 2 aromatic carbocycles. The molecule has 2 heterocycles. The number of anilines is 1. The summed E-state index contributed by atoms with van der Waals surface area (Å²) < 4.78 is 22.6. The zero-order valence-corrected chi connectivity index (χ0v) is 18.2. The lowest BCUT2D eigenvalue weighted by molar-refractivity contribution is -0.141. The maximum atomic E-state index is 14.5. The summed E-state index contributed by atoms with van der Waals surface area (Å²) in [7, 11) is -3.56. The number of carbonyl (C=O) groups is 2. The minimum Gasteiger partial charge on any atom is -0.465 e. The number of carbonyl (C=O) groups excluding carboxylic acids is 2. The van der Waals surface area contributed by atoms with Gasteiger partial charge >= 0.3 is 5.97 Å². The third-order valence-corrected chi connectivity index (χ3v) is 9.87. The number of para-hydroxylation sites is 1. The molecular weight excluding hydrogens is 421 g/mol. The number of benzene rings is 2. The molecule has 0 N–H and O–H groups in total. The van der Waals surface area contributed by atoms with Gasteiger partial charge in [-0.15, -0.1) is 11.8 Å². The van der Waals surface area contributed by atoms with Crippen LogP contribution >= 0.6 is 19.2 Å². The van der Waals surface area contributed by atoms with E-state index in [4.69, 9.17) is 4.74 Å². The van der Waals surface area contributed by atoms with E-state index in [1.165, 1.54) is 16.4 Å². The lowest BCUT2D eigenvalue weighted by Crippen LogP contribution is -2.48. The molecular formula is C21H22N3O4PS. The number of ether oxygens (including phenoxy) is 1. The number of hydrogen-bond acceptors (Lipinski definition) is 6. The predicted molar refractivity (Wildman–Crippen MR) is 119 cm³/mol. The number of fused-ring (bicyclic) bond motifs is 2. The molecule has 0 spiro atoms. The summed E-state index contributed by atoms with van der Waals surface area (Å²) in [6.45, 7) is 2.09. The van der Waals surface area contributed by atoms with Gasteiger partial charge in [0.25, 0.3) is 13.4 Å². The highest BCUT2D eigenvalue weighted by Gasteiger charge is 2.54. The van der Waals surface area contributed by atoms with E-state index in [1.807, 2.05) is 30.3 Å². The Labute approximate surface area is 179 Å². The molecule has 156 valence electrons. The predicted octanol–water partition coefficient (Wildman–Crippen LogP) is 3.85. The number of hydrogen-bond donors (Lipinski definition) is 0. The van der Waals surface area contributed by atoms with Crippen molar-refractivity contribution in [3.05, 3.63) is 65.7 Å². The van der Waals surface area contributed by atoms with Gasteiger partial charge in [0.1, 0.15) is 6.54 Å². The third kappa shape index (κ3) is 3.66. The second kappa shape index (κ2) is 8.66. The number of esters is 1. The highest BCUT2D eigenvalue weighted by atomic mass is 32.2. The normalized spacial score (nSPS) is 23.2. The van der Waals surface area contributed by atoms with Gasteiger partial charge in [-0.2, -0.15) is 0 Å². The fourth-order valence-corrected chi connectivity index (χ4v) is 8.68. The molecule has 30 heavy (non-hydrogen) atoms. The monoisotopic (exact) mass is 443 g/mol. The molecule has 2 aliphatic heterocycles. The maximum Gasteiger partial charge on any atom is 0.326 e. The van der Waals surface area contributed by atoms with Crippen LogP contribution in [0, 0.1) is 0 Å². The molecule has 2 atom stereocenters. The zero-order valence-electron chi connectivity index (χ0n) is 16.5. The van der Waals surface area contributed by atoms with Gasteiger partial charge in [-0.05, 0) is 24.6 Å². The average molecular weight is 443 g/mol. The van der Waals surface area contributed by atoms with Crippen molar-refractivity contribution in [3.8, 4) is 0 Å². The standard InChI is InChI=1S/C21H22N3O4PS/c1-2-28-19(25)15-24-18-11-7-6-10-17(18)20(26)23-12-13-30-21(29(23,24)27)22-14-16-8-4-3-5-9-16/h3-11,14,21H,2,12-13,15H2,1H3/b22-14+.